The van der Waals surface area contributed by atoms with Gasteiger partial charge in [0.1, 0.15) is 10.6 Å². The molecular weight excluding hydrogens is 362 g/mol. The molecule has 5 heteroatoms. The Hall–Kier alpha value is -2.43. The minimum atomic E-state index is 0.250. The molecule has 0 amide bonds. The average Bonchev–Trinajstić information content (AvgIpc) is 3.07. The van der Waals surface area contributed by atoms with E-state index in [1.165, 1.54) is 11.1 Å². The third-order valence-electron chi connectivity index (χ3n) is 4.26. The van der Waals surface area contributed by atoms with Gasteiger partial charge in [0.25, 0.3) is 0 Å². The molecular formula is C21H18ClN3S. The topological polar surface area (TPSA) is 37.8 Å². The van der Waals surface area contributed by atoms with Gasteiger partial charge < -0.3 is 5.32 Å². The number of hydrogen-bond acceptors (Lipinski definition) is 4. The second kappa shape index (κ2) is 7.06. The maximum absolute atomic E-state index is 6.16. The van der Waals surface area contributed by atoms with Gasteiger partial charge in [0.05, 0.1) is 5.39 Å². The van der Waals surface area contributed by atoms with Crippen LogP contribution in [0.1, 0.15) is 25.3 Å². The average molecular weight is 380 g/mol. The highest BCUT2D eigenvalue weighted by Crippen LogP contribution is 2.36. The largest absolute Gasteiger partial charge is 0.340 e. The Morgan fingerprint density at radius 3 is 2.38 bits per heavy atom. The summed E-state index contributed by atoms with van der Waals surface area (Å²) in [5, 5.41) is 4.62. The lowest BCUT2D eigenvalue weighted by Crippen LogP contribution is -1.96. The summed E-state index contributed by atoms with van der Waals surface area (Å²) in [5.74, 6) is 1.24. The summed E-state index contributed by atoms with van der Waals surface area (Å²) in [6, 6.07) is 20.8. The quantitative estimate of drug-likeness (QED) is 0.393. The molecule has 0 aliphatic rings. The maximum Gasteiger partial charge on any atom is 0.225 e. The molecule has 0 radical (unpaired) electrons. The van der Waals surface area contributed by atoms with Gasteiger partial charge in [0, 0.05) is 10.6 Å². The molecule has 26 heavy (non-hydrogen) atoms. The summed E-state index contributed by atoms with van der Waals surface area (Å²) in [6.07, 6.45) is 0. The SMILES string of the molecule is CC(C)c1ccc(Nc2nc(Cl)nc3sc(-c4ccccc4)cc23)cc1. The fraction of sp³-hybridized carbons (Fsp3) is 0.143. The highest BCUT2D eigenvalue weighted by molar-refractivity contribution is 7.22. The van der Waals surface area contributed by atoms with E-state index in [0.717, 1.165) is 26.6 Å². The summed E-state index contributed by atoms with van der Waals surface area (Å²) in [7, 11) is 0. The van der Waals surface area contributed by atoms with Crippen LogP contribution >= 0.6 is 22.9 Å². The number of aromatic nitrogens is 2. The monoisotopic (exact) mass is 379 g/mol. The van der Waals surface area contributed by atoms with Crippen molar-refractivity contribution in [2.24, 2.45) is 0 Å². The predicted octanol–water partition coefficient (Wildman–Crippen LogP) is 6.88. The zero-order valence-corrected chi connectivity index (χ0v) is 16.1. The maximum atomic E-state index is 6.16. The van der Waals surface area contributed by atoms with Crippen molar-refractivity contribution in [2.75, 3.05) is 5.32 Å². The van der Waals surface area contributed by atoms with E-state index in [1.807, 2.05) is 18.2 Å². The lowest BCUT2D eigenvalue weighted by Gasteiger charge is -2.09. The summed E-state index contributed by atoms with van der Waals surface area (Å²) < 4.78 is 0. The standard InChI is InChI=1S/C21H18ClN3S/c1-13(2)14-8-10-16(11-9-14)23-19-17-12-18(15-6-4-3-5-7-15)26-20(17)25-21(22)24-19/h3-13H,1-2H3,(H,23,24,25). The second-order valence-electron chi connectivity index (χ2n) is 6.44. The normalized spacial score (nSPS) is 11.2. The Kier molecular flexibility index (Phi) is 4.62. The van der Waals surface area contributed by atoms with Crippen molar-refractivity contribution in [3.8, 4) is 10.4 Å². The minimum Gasteiger partial charge on any atom is -0.340 e. The molecule has 1 N–H and O–H groups in total. The van der Waals surface area contributed by atoms with Gasteiger partial charge in [-0.1, -0.05) is 56.3 Å². The molecule has 4 aromatic rings. The van der Waals surface area contributed by atoms with Crippen LogP contribution in [0.4, 0.5) is 11.5 Å². The van der Waals surface area contributed by atoms with Crippen molar-refractivity contribution in [3.05, 3.63) is 71.5 Å². The Morgan fingerprint density at radius 1 is 0.962 bits per heavy atom. The summed E-state index contributed by atoms with van der Waals surface area (Å²) in [5.41, 5.74) is 3.46. The lowest BCUT2D eigenvalue weighted by atomic mass is 10.0. The third-order valence-corrected chi connectivity index (χ3v) is 5.51. The summed E-state index contributed by atoms with van der Waals surface area (Å²) in [6.45, 7) is 4.37. The van der Waals surface area contributed by atoms with Gasteiger partial charge in [-0.3, -0.25) is 0 Å². The molecule has 0 unspecified atom stereocenters. The van der Waals surface area contributed by atoms with Crippen molar-refractivity contribution in [1.29, 1.82) is 0 Å². The number of nitrogens with one attached hydrogen (secondary N) is 1. The molecule has 2 aromatic heterocycles. The number of anilines is 2. The van der Waals surface area contributed by atoms with Crippen LogP contribution in [0.25, 0.3) is 20.7 Å². The third kappa shape index (κ3) is 3.43. The second-order valence-corrected chi connectivity index (χ2v) is 7.81. The fourth-order valence-electron chi connectivity index (χ4n) is 2.82. The van der Waals surface area contributed by atoms with Crippen LogP contribution in [0.5, 0.6) is 0 Å². The first kappa shape index (κ1) is 17.0. The van der Waals surface area contributed by atoms with E-state index in [0.29, 0.717) is 5.92 Å². The van der Waals surface area contributed by atoms with Crippen LogP contribution in [-0.2, 0) is 0 Å². The van der Waals surface area contributed by atoms with Crippen LogP contribution in [0.15, 0.2) is 60.7 Å². The Labute approximate surface area is 161 Å². The lowest BCUT2D eigenvalue weighted by molar-refractivity contribution is 0.867. The van der Waals surface area contributed by atoms with Gasteiger partial charge in [0.2, 0.25) is 5.28 Å². The molecule has 130 valence electrons. The molecule has 0 atom stereocenters. The highest BCUT2D eigenvalue weighted by Gasteiger charge is 2.12. The smallest absolute Gasteiger partial charge is 0.225 e. The van der Waals surface area contributed by atoms with E-state index in [1.54, 1.807) is 11.3 Å². The van der Waals surface area contributed by atoms with E-state index in [-0.39, 0.29) is 5.28 Å². The summed E-state index contributed by atoms with van der Waals surface area (Å²) in [4.78, 5) is 10.8. The molecule has 0 saturated carbocycles. The number of benzene rings is 2. The summed E-state index contributed by atoms with van der Waals surface area (Å²) >= 11 is 7.78. The molecule has 2 heterocycles. The molecule has 0 saturated heterocycles. The van der Waals surface area contributed by atoms with E-state index in [9.17, 15) is 0 Å². The van der Waals surface area contributed by atoms with Crippen LogP contribution < -0.4 is 5.32 Å². The molecule has 4 rings (SSSR count). The molecule has 3 nitrogen and oxygen atoms in total. The molecule has 2 aromatic carbocycles. The zero-order chi connectivity index (χ0) is 18.1. The fourth-order valence-corrected chi connectivity index (χ4v) is 4.08. The van der Waals surface area contributed by atoms with Gasteiger partial charge >= 0.3 is 0 Å². The Bertz CT molecular complexity index is 1040. The highest BCUT2D eigenvalue weighted by atomic mass is 35.5. The molecule has 0 aliphatic carbocycles. The first-order valence-corrected chi connectivity index (χ1v) is 9.69. The predicted molar refractivity (Wildman–Crippen MR) is 112 cm³/mol. The van der Waals surface area contributed by atoms with Crippen molar-refractivity contribution >= 4 is 44.7 Å². The van der Waals surface area contributed by atoms with E-state index >= 15 is 0 Å². The van der Waals surface area contributed by atoms with Crippen molar-refractivity contribution in [3.63, 3.8) is 0 Å². The Balaban J connectivity index is 1.73. The van der Waals surface area contributed by atoms with Crippen molar-refractivity contribution in [2.45, 2.75) is 19.8 Å². The van der Waals surface area contributed by atoms with Crippen LogP contribution in [0, 0.1) is 0 Å². The van der Waals surface area contributed by atoms with E-state index < -0.39 is 0 Å². The van der Waals surface area contributed by atoms with Crippen LogP contribution in [-0.4, -0.2) is 9.97 Å². The molecule has 0 aliphatic heterocycles. The number of halogens is 1. The minimum absolute atomic E-state index is 0.250. The van der Waals surface area contributed by atoms with Gasteiger partial charge in [-0.15, -0.1) is 11.3 Å². The van der Waals surface area contributed by atoms with Crippen LogP contribution in [0.2, 0.25) is 5.28 Å². The number of nitrogens with zero attached hydrogens (tertiary/aromatic N) is 2. The number of rotatable bonds is 4. The van der Waals surface area contributed by atoms with Gasteiger partial charge in [-0.2, -0.15) is 4.98 Å². The number of thiophene rings is 1. The van der Waals surface area contributed by atoms with Gasteiger partial charge in [0.15, 0.2) is 0 Å². The van der Waals surface area contributed by atoms with Crippen LogP contribution in [0.3, 0.4) is 0 Å². The number of hydrogen-bond donors (Lipinski definition) is 1. The molecule has 0 fully saturated rings. The first-order chi connectivity index (χ1) is 12.6. The molecule has 0 bridgehead atoms. The van der Waals surface area contributed by atoms with Crippen molar-refractivity contribution in [1.82, 2.24) is 9.97 Å². The van der Waals surface area contributed by atoms with Gasteiger partial charge in [-0.25, -0.2) is 4.98 Å². The van der Waals surface area contributed by atoms with E-state index in [4.69, 9.17) is 11.6 Å². The Morgan fingerprint density at radius 2 is 1.69 bits per heavy atom. The number of fused-ring (bicyclic) bond motifs is 1. The van der Waals surface area contributed by atoms with Crippen molar-refractivity contribution < 1.29 is 0 Å². The van der Waals surface area contributed by atoms with Gasteiger partial charge in [-0.05, 0) is 46.8 Å². The van der Waals surface area contributed by atoms with E-state index in [2.05, 4.69) is 71.6 Å². The first-order valence-electron chi connectivity index (χ1n) is 8.49. The zero-order valence-electron chi connectivity index (χ0n) is 14.5. The molecule has 0 spiro atoms.